The summed E-state index contributed by atoms with van der Waals surface area (Å²) in [5.74, 6) is 2.93. The zero-order chi connectivity index (χ0) is 16.7. The molecule has 0 aromatic heterocycles. The van der Waals surface area contributed by atoms with E-state index < -0.39 is 10.0 Å². The number of hydrogen-bond acceptors (Lipinski definition) is 2. The highest BCUT2D eigenvalue weighted by atomic mass is 32.3. The van der Waals surface area contributed by atoms with Crippen molar-refractivity contribution in [3.63, 3.8) is 0 Å². The van der Waals surface area contributed by atoms with Crippen LogP contribution in [0.2, 0.25) is 0 Å². The molecule has 0 radical (unpaired) electrons. The predicted molar refractivity (Wildman–Crippen MR) is 102 cm³/mol. The number of rotatable bonds is 11. The lowest BCUT2D eigenvalue weighted by Crippen LogP contribution is -2.35. The van der Waals surface area contributed by atoms with E-state index in [0.717, 1.165) is 31.2 Å². The first-order valence-corrected chi connectivity index (χ1v) is 10.6. The predicted octanol–water partition coefficient (Wildman–Crippen LogP) is 4.49. The fourth-order valence-electron chi connectivity index (χ4n) is 2.43. The largest absolute Gasteiger partial charge is 0.372 e. The van der Waals surface area contributed by atoms with Gasteiger partial charge in [0.05, 0.1) is 5.82 Å². The van der Waals surface area contributed by atoms with E-state index in [-0.39, 0.29) is 0 Å². The minimum Gasteiger partial charge on any atom is -0.372 e. The van der Waals surface area contributed by atoms with Crippen LogP contribution in [0.3, 0.4) is 0 Å². The van der Waals surface area contributed by atoms with E-state index in [9.17, 15) is 0 Å². The zero-order valence-electron chi connectivity index (χ0n) is 15.4. The van der Waals surface area contributed by atoms with Crippen LogP contribution < -0.4 is 10.6 Å². The minimum absolute atomic E-state index is 0.428. The summed E-state index contributed by atoms with van der Waals surface area (Å²) in [4.78, 5) is 0. The van der Waals surface area contributed by atoms with Gasteiger partial charge in [-0.25, -0.2) is 10.0 Å². The van der Waals surface area contributed by atoms with Gasteiger partial charge in [0.1, 0.15) is 0 Å². The Morgan fingerprint density at radius 3 is 2.10 bits per heavy atom. The Hall–Kier alpha value is -0.570. The van der Waals surface area contributed by atoms with E-state index in [0.29, 0.717) is 4.75 Å². The molecule has 0 aromatic rings. The van der Waals surface area contributed by atoms with Gasteiger partial charge in [0, 0.05) is 13.1 Å². The smallest absolute Gasteiger partial charge is 0.0912 e. The summed E-state index contributed by atoms with van der Waals surface area (Å²) >= 11 is 0. The van der Waals surface area contributed by atoms with E-state index in [1.807, 2.05) is 0 Å². The van der Waals surface area contributed by atoms with Gasteiger partial charge in [0.15, 0.2) is 0 Å². The monoisotopic (exact) mass is 314 g/mol. The van der Waals surface area contributed by atoms with E-state index in [1.54, 1.807) is 0 Å². The Kier molecular flexibility index (Phi) is 8.53. The van der Waals surface area contributed by atoms with Crippen molar-refractivity contribution in [2.24, 2.45) is 5.92 Å². The molecule has 0 rings (SSSR count). The maximum Gasteiger partial charge on any atom is 0.0912 e. The lowest BCUT2D eigenvalue weighted by molar-refractivity contribution is 0.497. The Morgan fingerprint density at radius 1 is 1.10 bits per heavy atom. The van der Waals surface area contributed by atoms with Crippen LogP contribution in [-0.4, -0.2) is 36.1 Å². The van der Waals surface area contributed by atoms with Crippen molar-refractivity contribution in [1.82, 2.24) is 10.6 Å². The molecule has 2 nitrogen and oxygen atoms in total. The van der Waals surface area contributed by atoms with Gasteiger partial charge in [-0.05, 0) is 48.7 Å². The molecule has 0 fully saturated rings. The third-order valence-electron chi connectivity index (χ3n) is 4.24. The van der Waals surface area contributed by atoms with Crippen LogP contribution in [0.15, 0.2) is 24.6 Å². The molecule has 3 heteroatoms. The summed E-state index contributed by atoms with van der Waals surface area (Å²) in [7, 11) is -0.630. The molecule has 0 saturated heterocycles. The molecule has 0 aliphatic heterocycles. The van der Waals surface area contributed by atoms with Gasteiger partial charge < -0.3 is 10.6 Å². The quantitative estimate of drug-likeness (QED) is 0.549. The van der Waals surface area contributed by atoms with Crippen LogP contribution in [-0.2, 0) is 0 Å². The van der Waals surface area contributed by atoms with Gasteiger partial charge in [-0.2, -0.15) is 0 Å². The van der Waals surface area contributed by atoms with Gasteiger partial charge in [-0.3, -0.25) is 0 Å². The average Bonchev–Trinajstić information content (AvgIpc) is 2.25. The van der Waals surface area contributed by atoms with Crippen molar-refractivity contribution in [3.8, 4) is 0 Å². The average molecular weight is 315 g/mol. The van der Waals surface area contributed by atoms with Crippen LogP contribution in [0.4, 0.5) is 0 Å². The molecule has 0 aliphatic carbocycles. The summed E-state index contributed by atoms with van der Waals surface area (Å²) < 4.78 is 0.428. The SMILES string of the molecule is C=C(C)CCNC(=C)NCCS(C)(C)C(C)(C)CC(C)C. The summed E-state index contributed by atoms with van der Waals surface area (Å²) in [6.45, 7) is 21.4. The zero-order valence-corrected chi connectivity index (χ0v) is 16.3. The second-order valence-corrected chi connectivity index (χ2v) is 12.2. The normalized spacial score (nSPS) is 13.1. The highest BCUT2D eigenvalue weighted by Gasteiger charge is 2.32. The molecule has 0 amide bonds. The van der Waals surface area contributed by atoms with Crippen LogP contribution in [0.5, 0.6) is 0 Å². The second kappa shape index (κ2) is 8.77. The molecule has 0 aromatic carbocycles. The summed E-state index contributed by atoms with van der Waals surface area (Å²) in [6.07, 6.45) is 7.23. The van der Waals surface area contributed by atoms with Crippen molar-refractivity contribution < 1.29 is 0 Å². The Morgan fingerprint density at radius 2 is 1.62 bits per heavy atom. The lowest BCUT2D eigenvalue weighted by atomic mass is 10.00. The van der Waals surface area contributed by atoms with Crippen LogP contribution in [0, 0.1) is 5.92 Å². The van der Waals surface area contributed by atoms with Crippen molar-refractivity contribution >= 4 is 10.0 Å². The minimum atomic E-state index is -0.630. The topological polar surface area (TPSA) is 24.1 Å². The van der Waals surface area contributed by atoms with Gasteiger partial charge in [0.2, 0.25) is 0 Å². The van der Waals surface area contributed by atoms with E-state index >= 15 is 0 Å². The van der Waals surface area contributed by atoms with Crippen molar-refractivity contribution in [2.75, 3.05) is 31.4 Å². The Balaban J connectivity index is 4.14. The summed E-state index contributed by atoms with van der Waals surface area (Å²) in [6, 6.07) is 0. The highest BCUT2D eigenvalue weighted by Crippen LogP contribution is 2.55. The molecule has 2 N–H and O–H groups in total. The van der Waals surface area contributed by atoms with Crippen molar-refractivity contribution in [2.45, 2.75) is 52.2 Å². The molecular weight excluding hydrogens is 276 g/mol. The van der Waals surface area contributed by atoms with Crippen LogP contribution in [0.1, 0.15) is 47.5 Å². The van der Waals surface area contributed by atoms with E-state index in [4.69, 9.17) is 0 Å². The Bertz CT molecular complexity index is 343. The summed E-state index contributed by atoms with van der Waals surface area (Å²) in [5.41, 5.74) is 1.20. The second-order valence-electron chi connectivity index (χ2n) is 7.64. The molecule has 0 spiro atoms. The van der Waals surface area contributed by atoms with Crippen LogP contribution >= 0.6 is 10.0 Å². The fourth-order valence-corrected chi connectivity index (χ4v) is 4.38. The summed E-state index contributed by atoms with van der Waals surface area (Å²) in [5, 5.41) is 6.74. The van der Waals surface area contributed by atoms with E-state index in [2.05, 4.69) is 70.9 Å². The van der Waals surface area contributed by atoms with Gasteiger partial charge in [0.25, 0.3) is 0 Å². The first-order valence-electron chi connectivity index (χ1n) is 7.99. The first kappa shape index (κ1) is 20.4. The molecule has 0 aliphatic rings. The fraction of sp³-hybridized carbons (Fsp3) is 0.778. The van der Waals surface area contributed by atoms with Gasteiger partial charge in [-0.15, -0.1) is 6.58 Å². The number of nitrogens with one attached hydrogen (secondary N) is 2. The highest BCUT2D eigenvalue weighted by molar-refractivity contribution is 8.33. The maximum absolute atomic E-state index is 4.04. The molecule has 0 bridgehead atoms. The Labute approximate surface area is 135 Å². The van der Waals surface area contributed by atoms with Gasteiger partial charge >= 0.3 is 0 Å². The molecule has 0 saturated carbocycles. The van der Waals surface area contributed by atoms with E-state index in [1.165, 1.54) is 17.7 Å². The van der Waals surface area contributed by atoms with Crippen molar-refractivity contribution in [3.05, 3.63) is 24.6 Å². The third kappa shape index (κ3) is 8.45. The lowest BCUT2D eigenvalue weighted by Gasteiger charge is -2.48. The number of hydrogen-bond donors (Lipinski definition) is 2. The van der Waals surface area contributed by atoms with Crippen molar-refractivity contribution in [1.29, 1.82) is 0 Å². The van der Waals surface area contributed by atoms with Gasteiger partial charge in [-0.1, -0.05) is 39.8 Å². The third-order valence-corrected chi connectivity index (χ3v) is 8.62. The molecule has 21 heavy (non-hydrogen) atoms. The molecule has 0 unspecified atom stereocenters. The maximum atomic E-state index is 4.04. The molecule has 0 heterocycles. The molecular formula is C18H38N2S. The van der Waals surface area contributed by atoms with Crippen LogP contribution in [0.25, 0.3) is 0 Å². The molecule has 126 valence electrons. The standard InChI is InChI=1S/C18H38N2S/c1-15(2)10-11-19-17(5)20-12-13-21(8,9)18(6,7)14-16(3)4/h16,19-20H,1,5,10-14H2,2-4,6-9H3. The molecule has 0 atom stereocenters. The first-order chi connectivity index (χ1) is 9.48.